The molecule has 0 heterocycles. The van der Waals surface area contributed by atoms with Crippen molar-refractivity contribution in [1.29, 1.82) is 0 Å². The molecule has 11 heavy (non-hydrogen) atoms. The van der Waals surface area contributed by atoms with Gasteiger partial charge in [-0.3, -0.25) is 5.84 Å². The van der Waals surface area contributed by atoms with E-state index in [1.165, 1.54) is 0 Å². The van der Waals surface area contributed by atoms with Crippen LogP contribution < -0.4 is 11.3 Å². The molecule has 0 aromatic heterocycles. The van der Waals surface area contributed by atoms with Crippen LogP contribution in [0.5, 0.6) is 5.75 Å². The number of hydrazine groups is 1. The molecule has 0 unspecified atom stereocenters. The zero-order valence-electron chi connectivity index (χ0n) is 6.46. The lowest BCUT2D eigenvalue weighted by Gasteiger charge is -2.06. The van der Waals surface area contributed by atoms with Gasteiger partial charge in [-0.25, -0.2) is 0 Å². The van der Waals surface area contributed by atoms with Crippen LogP contribution in [0.2, 0.25) is 0 Å². The van der Waals surface area contributed by atoms with Gasteiger partial charge >= 0.3 is 0 Å². The van der Waals surface area contributed by atoms with E-state index in [4.69, 9.17) is 5.84 Å². The van der Waals surface area contributed by atoms with Crippen LogP contribution in [0, 0.1) is 0 Å². The monoisotopic (exact) mass is 152 g/mol. The Balaban J connectivity index is 3.10. The van der Waals surface area contributed by atoms with Gasteiger partial charge in [0.2, 0.25) is 0 Å². The largest absolute Gasteiger partial charge is 0.505 e. The fourth-order valence-electron chi connectivity index (χ4n) is 0.993. The van der Waals surface area contributed by atoms with E-state index in [-0.39, 0.29) is 5.75 Å². The standard InChI is InChI=1S/C8H12N2O/c1-2-6-4-3-5-7(10-9)8(6)11/h3-5,10-11H,2,9H2,1H3. The molecule has 0 bridgehead atoms. The van der Waals surface area contributed by atoms with Crippen molar-refractivity contribution in [1.82, 2.24) is 0 Å². The number of rotatable bonds is 2. The second kappa shape index (κ2) is 3.25. The Bertz CT molecular complexity index is 226. The predicted octanol–water partition coefficient (Wildman–Crippen LogP) is 1.24. The zero-order valence-corrected chi connectivity index (χ0v) is 6.46. The molecule has 1 aromatic carbocycles. The fourth-order valence-corrected chi connectivity index (χ4v) is 0.993. The molecule has 0 aliphatic carbocycles. The first-order chi connectivity index (χ1) is 5.29. The molecular formula is C8H12N2O. The minimum Gasteiger partial charge on any atom is -0.505 e. The van der Waals surface area contributed by atoms with Gasteiger partial charge in [0, 0.05) is 0 Å². The van der Waals surface area contributed by atoms with Gasteiger partial charge in [-0.2, -0.15) is 0 Å². The summed E-state index contributed by atoms with van der Waals surface area (Å²) in [6.45, 7) is 1.98. The van der Waals surface area contributed by atoms with Crippen LogP contribution in [0.3, 0.4) is 0 Å². The molecule has 0 saturated carbocycles. The van der Waals surface area contributed by atoms with Crippen molar-refractivity contribution < 1.29 is 5.11 Å². The first-order valence-electron chi connectivity index (χ1n) is 3.57. The number of nitrogen functional groups attached to an aromatic ring is 1. The van der Waals surface area contributed by atoms with E-state index in [0.717, 1.165) is 12.0 Å². The molecule has 3 heteroatoms. The molecule has 0 fully saturated rings. The van der Waals surface area contributed by atoms with E-state index in [9.17, 15) is 5.11 Å². The summed E-state index contributed by atoms with van der Waals surface area (Å²) in [6.07, 6.45) is 0.807. The summed E-state index contributed by atoms with van der Waals surface area (Å²) in [7, 11) is 0. The third-order valence-electron chi connectivity index (χ3n) is 1.66. The van der Waals surface area contributed by atoms with Crippen molar-refractivity contribution in [2.24, 2.45) is 5.84 Å². The second-order valence-corrected chi connectivity index (χ2v) is 2.31. The van der Waals surface area contributed by atoms with E-state index in [0.29, 0.717) is 5.69 Å². The molecule has 0 saturated heterocycles. The number of phenolic OH excluding ortho intramolecular Hbond substituents is 1. The minimum absolute atomic E-state index is 0.248. The summed E-state index contributed by atoms with van der Waals surface area (Å²) in [5, 5.41) is 9.45. The fraction of sp³-hybridized carbons (Fsp3) is 0.250. The highest BCUT2D eigenvalue weighted by Gasteiger charge is 2.02. The van der Waals surface area contributed by atoms with E-state index in [2.05, 4.69) is 5.43 Å². The number of hydrogen-bond donors (Lipinski definition) is 3. The molecule has 0 aliphatic heterocycles. The molecule has 1 aromatic rings. The van der Waals surface area contributed by atoms with Gasteiger partial charge in [0.25, 0.3) is 0 Å². The van der Waals surface area contributed by atoms with Crippen LogP contribution in [0.1, 0.15) is 12.5 Å². The van der Waals surface area contributed by atoms with Gasteiger partial charge in [0.15, 0.2) is 0 Å². The first-order valence-corrected chi connectivity index (χ1v) is 3.57. The maximum atomic E-state index is 9.45. The van der Waals surface area contributed by atoms with Gasteiger partial charge in [-0.15, -0.1) is 0 Å². The smallest absolute Gasteiger partial charge is 0.143 e. The Kier molecular flexibility index (Phi) is 2.33. The highest BCUT2D eigenvalue weighted by atomic mass is 16.3. The molecular weight excluding hydrogens is 140 g/mol. The molecule has 60 valence electrons. The number of aryl methyl sites for hydroxylation is 1. The van der Waals surface area contributed by atoms with Crippen LogP contribution in [-0.4, -0.2) is 5.11 Å². The van der Waals surface area contributed by atoms with Crippen molar-refractivity contribution in [3.63, 3.8) is 0 Å². The zero-order chi connectivity index (χ0) is 8.27. The second-order valence-electron chi connectivity index (χ2n) is 2.31. The minimum atomic E-state index is 0.248. The van der Waals surface area contributed by atoms with Crippen LogP contribution in [0.25, 0.3) is 0 Å². The van der Waals surface area contributed by atoms with Gasteiger partial charge in [-0.05, 0) is 18.1 Å². The summed E-state index contributed by atoms with van der Waals surface area (Å²) in [4.78, 5) is 0. The molecule has 0 aliphatic rings. The molecule has 4 N–H and O–H groups in total. The van der Waals surface area contributed by atoms with Crippen molar-refractivity contribution in [2.45, 2.75) is 13.3 Å². The third-order valence-corrected chi connectivity index (χ3v) is 1.66. The first kappa shape index (κ1) is 7.88. The lowest BCUT2D eigenvalue weighted by molar-refractivity contribution is 0.471. The topological polar surface area (TPSA) is 58.3 Å². The highest BCUT2D eigenvalue weighted by Crippen LogP contribution is 2.26. The summed E-state index contributed by atoms with van der Waals surface area (Å²) in [5.41, 5.74) is 3.90. The Morgan fingerprint density at radius 1 is 1.55 bits per heavy atom. The maximum Gasteiger partial charge on any atom is 0.143 e. The van der Waals surface area contributed by atoms with E-state index >= 15 is 0 Å². The van der Waals surface area contributed by atoms with Crippen LogP contribution in [0.4, 0.5) is 5.69 Å². The summed E-state index contributed by atoms with van der Waals surface area (Å²) in [5.74, 6) is 5.41. The molecule has 3 nitrogen and oxygen atoms in total. The van der Waals surface area contributed by atoms with E-state index in [1.54, 1.807) is 6.07 Å². The SMILES string of the molecule is CCc1cccc(NN)c1O. The van der Waals surface area contributed by atoms with E-state index < -0.39 is 0 Å². The summed E-state index contributed by atoms with van der Waals surface area (Å²) in [6, 6.07) is 5.46. The normalized spacial score (nSPS) is 9.64. The molecule has 0 atom stereocenters. The molecule has 0 spiro atoms. The molecule has 1 rings (SSSR count). The van der Waals surface area contributed by atoms with Gasteiger partial charge < -0.3 is 10.5 Å². The lowest BCUT2D eigenvalue weighted by atomic mass is 10.1. The van der Waals surface area contributed by atoms with Crippen LogP contribution >= 0.6 is 0 Å². The Morgan fingerprint density at radius 2 is 2.27 bits per heavy atom. The molecule has 0 radical (unpaired) electrons. The lowest BCUT2D eigenvalue weighted by Crippen LogP contribution is -2.07. The number of phenols is 1. The highest BCUT2D eigenvalue weighted by molar-refractivity contribution is 5.58. The molecule has 0 amide bonds. The van der Waals surface area contributed by atoms with Crippen LogP contribution in [-0.2, 0) is 6.42 Å². The average Bonchev–Trinajstić information content (AvgIpc) is 2.05. The number of aromatic hydroxyl groups is 1. The Morgan fingerprint density at radius 3 is 2.82 bits per heavy atom. The quantitative estimate of drug-likeness (QED) is 0.339. The van der Waals surface area contributed by atoms with Crippen molar-refractivity contribution in [3.05, 3.63) is 23.8 Å². The number of hydrogen-bond acceptors (Lipinski definition) is 3. The number of anilines is 1. The van der Waals surface area contributed by atoms with Gasteiger partial charge in [-0.1, -0.05) is 19.1 Å². The number of para-hydroxylation sites is 1. The number of benzene rings is 1. The summed E-state index contributed by atoms with van der Waals surface area (Å²) >= 11 is 0. The maximum absolute atomic E-state index is 9.45. The third kappa shape index (κ3) is 1.43. The Labute approximate surface area is 65.8 Å². The number of nitrogens with one attached hydrogen (secondary N) is 1. The van der Waals surface area contributed by atoms with Crippen molar-refractivity contribution >= 4 is 5.69 Å². The van der Waals surface area contributed by atoms with Crippen molar-refractivity contribution in [2.75, 3.05) is 5.43 Å². The van der Waals surface area contributed by atoms with Crippen molar-refractivity contribution in [3.8, 4) is 5.75 Å². The average molecular weight is 152 g/mol. The van der Waals surface area contributed by atoms with Crippen LogP contribution in [0.15, 0.2) is 18.2 Å². The van der Waals surface area contributed by atoms with Gasteiger partial charge in [0.1, 0.15) is 5.75 Å². The predicted molar refractivity (Wildman–Crippen MR) is 45.3 cm³/mol. The number of nitrogens with two attached hydrogens (primary N) is 1. The van der Waals surface area contributed by atoms with E-state index in [1.807, 2.05) is 19.1 Å². The van der Waals surface area contributed by atoms with Gasteiger partial charge in [0.05, 0.1) is 5.69 Å². The summed E-state index contributed by atoms with van der Waals surface area (Å²) < 4.78 is 0. The Hall–Kier alpha value is -1.22.